The average molecular weight is 431 g/mol. The van der Waals surface area contributed by atoms with Gasteiger partial charge in [-0.25, -0.2) is 8.70 Å². The molecule has 166 valence electrons. The number of rotatable bonds is 5. The monoisotopic (exact) mass is 430 g/mol. The summed E-state index contributed by atoms with van der Waals surface area (Å²) in [5.41, 5.74) is -0.467. The Labute approximate surface area is 175 Å². The van der Waals surface area contributed by atoms with Crippen LogP contribution in [0, 0.1) is 22.7 Å². The Morgan fingerprint density at radius 1 is 1.34 bits per heavy atom. The zero-order chi connectivity index (χ0) is 21.4. The van der Waals surface area contributed by atoms with E-state index < -0.39 is 23.0 Å². The van der Waals surface area contributed by atoms with Crippen molar-refractivity contribution in [3.8, 4) is 6.07 Å². The first kappa shape index (κ1) is 22.8. The van der Waals surface area contributed by atoms with Crippen LogP contribution in [-0.4, -0.2) is 73.9 Å². The van der Waals surface area contributed by atoms with E-state index in [0.29, 0.717) is 18.8 Å². The summed E-state index contributed by atoms with van der Waals surface area (Å²) in [6.45, 7) is 7.88. The first-order chi connectivity index (χ1) is 13.5. The van der Waals surface area contributed by atoms with Crippen molar-refractivity contribution in [3.63, 3.8) is 0 Å². The standard InChI is InChI=1S/C20H35FN4O3S/c1-19(2)15(13-24-8-4-5-9-29(24,27)28)6-7-20(19,3)23-12-18(26)25-14-16(21)10-17(25)11-22/h15-17,23,27-28H,4-10,12-14H2,1-3H3/t15-,16-,17-,20-/m0/s1. The first-order valence-electron chi connectivity index (χ1n) is 10.6. The Morgan fingerprint density at radius 3 is 2.72 bits per heavy atom. The van der Waals surface area contributed by atoms with Crippen LogP contribution in [0.15, 0.2) is 0 Å². The highest BCUT2D eigenvalue weighted by Crippen LogP contribution is 2.54. The molecule has 7 nitrogen and oxygen atoms in total. The van der Waals surface area contributed by atoms with E-state index in [1.54, 1.807) is 0 Å². The van der Waals surface area contributed by atoms with Gasteiger partial charge in [0.1, 0.15) is 12.2 Å². The molecule has 1 aliphatic carbocycles. The highest BCUT2D eigenvalue weighted by molar-refractivity contribution is 8.22. The van der Waals surface area contributed by atoms with Crippen molar-refractivity contribution in [2.24, 2.45) is 11.3 Å². The summed E-state index contributed by atoms with van der Waals surface area (Å²) in [4.78, 5) is 14.0. The number of carbonyl (C=O) groups excluding carboxylic acids is 1. The molecule has 0 bridgehead atoms. The van der Waals surface area contributed by atoms with Gasteiger partial charge in [-0.2, -0.15) is 5.26 Å². The van der Waals surface area contributed by atoms with Gasteiger partial charge < -0.3 is 10.2 Å². The van der Waals surface area contributed by atoms with Crippen LogP contribution in [0.1, 0.15) is 52.9 Å². The Kier molecular flexibility index (Phi) is 6.52. The molecule has 3 aliphatic rings. The minimum absolute atomic E-state index is 0.00566. The SMILES string of the molecule is CC1(C)[C@H](CN2CCCCS2(O)O)CC[C@]1(C)NCC(=O)N1C[C@@H](F)C[C@H]1C#N. The van der Waals surface area contributed by atoms with Crippen molar-refractivity contribution in [1.82, 2.24) is 14.5 Å². The van der Waals surface area contributed by atoms with Gasteiger partial charge in [-0.3, -0.25) is 13.9 Å². The van der Waals surface area contributed by atoms with Gasteiger partial charge in [0.05, 0.1) is 24.9 Å². The number of hydrogen-bond acceptors (Lipinski definition) is 6. The molecule has 1 amide bonds. The quantitative estimate of drug-likeness (QED) is 0.620. The molecule has 3 N–H and O–H groups in total. The molecule has 0 aromatic heterocycles. The van der Waals surface area contributed by atoms with Crippen LogP contribution in [0.25, 0.3) is 0 Å². The molecule has 0 spiro atoms. The minimum atomic E-state index is -2.66. The fourth-order valence-corrected chi connectivity index (χ4v) is 6.79. The lowest BCUT2D eigenvalue weighted by molar-refractivity contribution is -0.131. The third-order valence-electron chi connectivity index (χ3n) is 7.70. The highest BCUT2D eigenvalue weighted by atomic mass is 32.3. The third kappa shape index (κ3) is 4.42. The van der Waals surface area contributed by atoms with Gasteiger partial charge >= 0.3 is 0 Å². The maximum absolute atomic E-state index is 13.6. The van der Waals surface area contributed by atoms with Crippen molar-refractivity contribution in [2.45, 2.75) is 70.6 Å². The molecular weight excluding hydrogens is 395 g/mol. The summed E-state index contributed by atoms with van der Waals surface area (Å²) in [5.74, 6) is 0.492. The van der Waals surface area contributed by atoms with Gasteiger partial charge in [-0.05, 0) is 43.9 Å². The van der Waals surface area contributed by atoms with E-state index >= 15 is 0 Å². The Morgan fingerprint density at radius 2 is 2.07 bits per heavy atom. The molecular formula is C20H35FN4O3S. The number of nitrogens with one attached hydrogen (secondary N) is 1. The molecule has 0 aromatic rings. The molecule has 3 rings (SSSR count). The molecule has 0 radical (unpaired) electrons. The lowest BCUT2D eigenvalue weighted by atomic mass is 9.71. The van der Waals surface area contributed by atoms with E-state index in [-0.39, 0.29) is 42.3 Å². The first-order valence-corrected chi connectivity index (χ1v) is 12.3. The second-order valence-corrected chi connectivity index (χ2v) is 11.8. The van der Waals surface area contributed by atoms with Gasteiger partial charge in [0.15, 0.2) is 0 Å². The van der Waals surface area contributed by atoms with Crippen LogP contribution in [-0.2, 0) is 4.79 Å². The fraction of sp³-hybridized carbons (Fsp3) is 0.900. The van der Waals surface area contributed by atoms with Gasteiger partial charge in [0.2, 0.25) is 5.91 Å². The minimum Gasteiger partial charge on any atom is -0.323 e. The van der Waals surface area contributed by atoms with Crippen LogP contribution in [0.2, 0.25) is 0 Å². The molecule has 2 aliphatic heterocycles. The predicted molar refractivity (Wildman–Crippen MR) is 112 cm³/mol. The highest BCUT2D eigenvalue weighted by Gasteiger charge is 2.52. The van der Waals surface area contributed by atoms with Crippen molar-refractivity contribution >= 4 is 16.7 Å². The second-order valence-electron chi connectivity index (χ2n) is 9.60. The molecule has 0 unspecified atom stereocenters. The Balaban J connectivity index is 1.61. The second kappa shape index (κ2) is 8.31. The van der Waals surface area contributed by atoms with Gasteiger partial charge in [0, 0.05) is 25.0 Å². The number of hydrogen-bond donors (Lipinski definition) is 3. The third-order valence-corrected chi connectivity index (χ3v) is 9.69. The van der Waals surface area contributed by atoms with Crippen molar-refractivity contribution < 1.29 is 18.3 Å². The maximum atomic E-state index is 13.6. The molecule has 2 saturated heterocycles. The van der Waals surface area contributed by atoms with Gasteiger partial charge in [-0.1, -0.05) is 13.8 Å². The maximum Gasteiger partial charge on any atom is 0.237 e. The molecule has 4 atom stereocenters. The lowest BCUT2D eigenvalue weighted by Crippen LogP contribution is -2.56. The van der Waals surface area contributed by atoms with E-state index in [1.165, 1.54) is 4.90 Å². The molecule has 29 heavy (non-hydrogen) atoms. The summed E-state index contributed by atoms with van der Waals surface area (Å²) >= 11 is 0. The number of carbonyl (C=O) groups is 1. The summed E-state index contributed by atoms with van der Waals surface area (Å²) in [7, 11) is -2.66. The summed E-state index contributed by atoms with van der Waals surface area (Å²) in [6, 6.07) is 1.35. The summed E-state index contributed by atoms with van der Waals surface area (Å²) in [5, 5.41) is 12.6. The number of nitrogens with zero attached hydrogens (tertiary/aromatic N) is 3. The van der Waals surface area contributed by atoms with Crippen LogP contribution >= 0.6 is 10.8 Å². The smallest absolute Gasteiger partial charge is 0.237 e. The predicted octanol–water partition coefficient (Wildman–Crippen LogP) is 2.99. The van der Waals surface area contributed by atoms with Crippen molar-refractivity contribution in [3.05, 3.63) is 0 Å². The molecule has 3 fully saturated rings. The van der Waals surface area contributed by atoms with Gasteiger partial charge in [0.25, 0.3) is 0 Å². The zero-order valence-corrected chi connectivity index (χ0v) is 18.6. The molecule has 0 aromatic carbocycles. The Bertz CT molecular complexity index is 671. The van der Waals surface area contributed by atoms with E-state index in [9.17, 15) is 23.6 Å². The molecule has 1 saturated carbocycles. The Hall–Kier alpha value is -0.920. The van der Waals surface area contributed by atoms with Crippen LogP contribution < -0.4 is 5.32 Å². The number of likely N-dealkylation sites (tertiary alicyclic amines) is 1. The number of alkyl halides is 1. The van der Waals surface area contributed by atoms with Crippen LogP contribution in [0.4, 0.5) is 4.39 Å². The number of nitriles is 1. The normalized spacial score (nSPS) is 38.0. The van der Waals surface area contributed by atoms with Crippen LogP contribution in [0.3, 0.4) is 0 Å². The summed E-state index contributed by atoms with van der Waals surface area (Å²) in [6.07, 6.45) is 2.62. The lowest BCUT2D eigenvalue weighted by Gasteiger charge is -2.50. The average Bonchev–Trinajstić information content (AvgIpc) is 3.13. The van der Waals surface area contributed by atoms with Crippen molar-refractivity contribution in [2.75, 3.05) is 31.9 Å². The van der Waals surface area contributed by atoms with E-state index in [0.717, 1.165) is 25.7 Å². The van der Waals surface area contributed by atoms with Gasteiger partial charge in [-0.15, -0.1) is 10.8 Å². The zero-order valence-electron chi connectivity index (χ0n) is 17.7. The number of amides is 1. The van der Waals surface area contributed by atoms with E-state index in [4.69, 9.17) is 0 Å². The topological polar surface area (TPSA) is 99.8 Å². The fourth-order valence-electron chi connectivity index (χ4n) is 5.10. The largest absolute Gasteiger partial charge is 0.323 e. The number of halogens is 1. The molecule has 9 heteroatoms. The molecule has 2 heterocycles. The van der Waals surface area contributed by atoms with E-state index in [1.807, 2.05) is 10.4 Å². The summed E-state index contributed by atoms with van der Waals surface area (Å²) < 4.78 is 36.3. The van der Waals surface area contributed by atoms with E-state index in [2.05, 4.69) is 26.1 Å². The van der Waals surface area contributed by atoms with Crippen LogP contribution in [0.5, 0.6) is 0 Å². The van der Waals surface area contributed by atoms with Crippen molar-refractivity contribution in [1.29, 1.82) is 5.26 Å².